The molecule has 1 amide bonds. The van der Waals surface area contributed by atoms with E-state index < -0.39 is 5.82 Å². The van der Waals surface area contributed by atoms with Gasteiger partial charge in [0.25, 0.3) is 5.91 Å². The van der Waals surface area contributed by atoms with Crippen LogP contribution in [-0.2, 0) is 11.8 Å². The molecule has 1 aromatic carbocycles. The van der Waals surface area contributed by atoms with E-state index in [2.05, 4.69) is 25.2 Å². The van der Waals surface area contributed by atoms with Gasteiger partial charge < -0.3 is 19.4 Å². The number of anilines is 2. The maximum absolute atomic E-state index is 14.5. The summed E-state index contributed by atoms with van der Waals surface area (Å²) in [6, 6.07) is 6.86. The summed E-state index contributed by atoms with van der Waals surface area (Å²) in [5.74, 6) is -0.813. The number of aromatic nitrogens is 4. The lowest BCUT2D eigenvalue weighted by Crippen LogP contribution is -2.30. The minimum absolute atomic E-state index is 0.236. The molecular formula is C25H26FN7O2. The van der Waals surface area contributed by atoms with Gasteiger partial charge >= 0.3 is 0 Å². The molecule has 10 heteroatoms. The van der Waals surface area contributed by atoms with Gasteiger partial charge in [-0.25, -0.2) is 9.37 Å². The number of carbonyl (C=O) groups excluding carboxylic acids is 1. The molecule has 7 rings (SSSR count). The van der Waals surface area contributed by atoms with E-state index in [1.165, 1.54) is 6.07 Å². The van der Waals surface area contributed by atoms with Crippen molar-refractivity contribution in [3.05, 3.63) is 53.9 Å². The molecule has 0 spiro atoms. The lowest BCUT2D eigenvalue weighted by Gasteiger charge is -2.21. The largest absolute Gasteiger partial charge is 0.378 e. The summed E-state index contributed by atoms with van der Waals surface area (Å²) in [6.07, 6.45) is 6.48. The average molecular weight is 476 g/mol. The number of nitrogens with one attached hydrogen (secondary N) is 1. The Kier molecular flexibility index (Phi) is 4.46. The van der Waals surface area contributed by atoms with Crippen molar-refractivity contribution in [3.63, 3.8) is 0 Å². The molecule has 0 saturated carbocycles. The predicted molar refractivity (Wildman–Crippen MR) is 129 cm³/mol. The normalized spacial score (nSPS) is 25.5. The van der Waals surface area contributed by atoms with Crippen LogP contribution in [0.4, 0.5) is 15.8 Å². The lowest BCUT2D eigenvalue weighted by atomic mass is 10.1. The van der Waals surface area contributed by atoms with E-state index in [1.807, 2.05) is 25.4 Å². The minimum atomic E-state index is -0.486. The third-order valence-electron chi connectivity index (χ3n) is 7.52. The van der Waals surface area contributed by atoms with Gasteiger partial charge in [0.15, 0.2) is 11.5 Å². The van der Waals surface area contributed by atoms with E-state index >= 15 is 0 Å². The number of nitrogens with zero attached hydrogens (tertiary/aromatic N) is 6. The first-order chi connectivity index (χ1) is 17.0. The Hall–Kier alpha value is -3.50. The molecule has 3 aliphatic heterocycles. The van der Waals surface area contributed by atoms with Crippen LogP contribution in [0.5, 0.6) is 0 Å². The fourth-order valence-electron chi connectivity index (χ4n) is 5.92. The van der Waals surface area contributed by atoms with Gasteiger partial charge in [0, 0.05) is 61.9 Å². The first-order valence-electron chi connectivity index (χ1n) is 12.0. The number of fused-ring (bicyclic) bond motifs is 3. The highest BCUT2D eigenvalue weighted by Gasteiger charge is 2.55. The number of carbonyl (C=O) groups is 1. The van der Waals surface area contributed by atoms with Gasteiger partial charge in [-0.05, 0) is 25.5 Å². The van der Waals surface area contributed by atoms with Crippen LogP contribution >= 0.6 is 0 Å². The fraction of sp³-hybridized carbons (Fsp3) is 0.400. The van der Waals surface area contributed by atoms with Crippen molar-refractivity contribution >= 4 is 33.8 Å². The van der Waals surface area contributed by atoms with Crippen LogP contribution in [0.2, 0.25) is 0 Å². The van der Waals surface area contributed by atoms with Crippen molar-refractivity contribution in [2.24, 2.45) is 7.05 Å². The molecule has 3 atom stereocenters. The second kappa shape index (κ2) is 7.50. The maximum Gasteiger partial charge on any atom is 0.257 e. The topological polar surface area (TPSA) is 79.7 Å². The zero-order chi connectivity index (χ0) is 23.8. The highest BCUT2D eigenvalue weighted by atomic mass is 19.1. The van der Waals surface area contributed by atoms with Crippen LogP contribution in [0.3, 0.4) is 0 Å². The van der Waals surface area contributed by atoms with Crippen molar-refractivity contribution < 1.29 is 13.9 Å². The zero-order valence-electron chi connectivity index (χ0n) is 19.6. The van der Waals surface area contributed by atoms with Crippen LogP contribution in [0.1, 0.15) is 22.5 Å². The summed E-state index contributed by atoms with van der Waals surface area (Å²) >= 11 is 0. The first-order valence-corrected chi connectivity index (χ1v) is 12.0. The molecule has 0 bridgehead atoms. The van der Waals surface area contributed by atoms with E-state index in [0.717, 1.165) is 43.8 Å². The van der Waals surface area contributed by atoms with Crippen LogP contribution in [0.25, 0.3) is 16.6 Å². The van der Waals surface area contributed by atoms with Crippen LogP contribution in [0, 0.1) is 12.7 Å². The summed E-state index contributed by atoms with van der Waals surface area (Å²) in [5, 5.41) is 8.39. The Morgan fingerprint density at radius 3 is 2.86 bits per heavy atom. The van der Waals surface area contributed by atoms with Gasteiger partial charge in [0.05, 0.1) is 42.2 Å². The first kappa shape index (κ1) is 20.8. The van der Waals surface area contributed by atoms with Crippen molar-refractivity contribution in [1.29, 1.82) is 0 Å². The number of pyridine rings is 1. The second-order valence-electron chi connectivity index (χ2n) is 9.85. The number of imidazole rings is 1. The zero-order valence-corrected chi connectivity index (χ0v) is 19.6. The van der Waals surface area contributed by atoms with E-state index in [9.17, 15) is 9.18 Å². The minimum Gasteiger partial charge on any atom is -0.378 e. The number of amides is 1. The quantitative estimate of drug-likeness (QED) is 0.457. The lowest BCUT2D eigenvalue weighted by molar-refractivity contribution is 0.102. The molecule has 4 aromatic rings. The van der Waals surface area contributed by atoms with Gasteiger partial charge in [-0.15, -0.1) is 0 Å². The molecular weight excluding hydrogens is 449 g/mol. The van der Waals surface area contributed by atoms with E-state index in [4.69, 9.17) is 4.74 Å². The molecule has 35 heavy (non-hydrogen) atoms. The molecule has 1 N–H and O–H groups in total. The number of morpholine rings is 1. The second-order valence-corrected chi connectivity index (χ2v) is 9.85. The average Bonchev–Trinajstić information content (AvgIpc) is 3.38. The monoisotopic (exact) mass is 475 g/mol. The number of hydrogen-bond acceptors (Lipinski definition) is 6. The Morgan fingerprint density at radius 2 is 2.03 bits per heavy atom. The number of benzene rings is 1. The standard InChI is InChI=1S/C25H26FN7O2/c1-14-8-32-9-15(7-19(26)24(32)27-14)28-25(34)17-3-4-20(18-11-30(2)29-23(17)18)31-6-5-16(10-31)33-21-12-35-13-22(21)33/h3-4,7-9,11,16,21-22H,5-6,10,12-13H2,1-2H3,(H,28,34). The Bertz CT molecular complexity index is 1480. The van der Waals surface area contributed by atoms with Crippen molar-refractivity contribution in [2.45, 2.75) is 31.5 Å². The van der Waals surface area contributed by atoms with Crippen LogP contribution < -0.4 is 10.2 Å². The fourth-order valence-corrected chi connectivity index (χ4v) is 5.92. The molecule has 3 aliphatic rings. The Labute approximate surface area is 201 Å². The Balaban J connectivity index is 1.16. The van der Waals surface area contributed by atoms with Gasteiger partial charge in [0.1, 0.15) is 5.52 Å². The van der Waals surface area contributed by atoms with Crippen molar-refractivity contribution in [2.75, 3.05) is 36.5 Å². The molecule has 3 fully saturated rings. The number of halogens is 1. The highest BCUT2D eigenvalue weighted by molar-refractivity contribution is 6.13. The summed E-state index contributed by atoms with van der Waals surface area (Å²) in [6.45, 7) is 5.45. The molecule has 0 radical (unpaired) electrons. The smallest absolute Gasteiger partial charge is 0.257 e. The number of hydrogen-bond donors (Lipinski definition) is 1. The third kappa shape index (κ3) is 3.31. The van der Waals surface area contributed by atoms with Crippen molar-refractivity contribution in [1.82, 2.24) is 24.1 Å². The summed E-state index contributed by atoms with van der Waals surface area (Å²) in [4.78, 5) is 22.4. The van der Waals surface area contributed by atoms with E-state index in [1.54, 1.807) is 28.4 Å². The van der Waals surface area contributed by atoms with Gasteiger partial charge in [0.2, 0.25) is 0 Å². The molecule has 3 aromatic heterocycles. The van der Waals surface area contributed by atoms with Crippen LogP contribution in [-0.4, -0.2) is 74.4 Å². The number of aryl methyl sites for hydroxylation is 2. The molecule has 9 nitrogen and oxygen atoms in total. The highest BCUT2D eigenvalue weighted by Crippen LogP contribution is 2.40. The molecule has 3 saturated heterocycles. The SMILES string of the molecule is Cc1cn2cc(NC(=O)c3ccc(N4CCC(N5C6COCC65)C4)c4cn(C)nc34)cc(F)c2n1. The summed E-state index contributed by atoms with van der Waals surface area (Å²) in [5.41, 5.74) is 3.50. The predicted octanol–water partition coefficient (Wildman–Crippen LogP) is 2.58. The molecule has 3 unspecified atom stereocenters. The van der Waals surface area contributed by atoms with E-state index in [-0.39, 0.29) is 11.6 Å². The van der Waals surface area contributed by atoms with Gasteiger partial charge in [-0.3, -0.25) is 14.4 Å². The third-order valence-corrected chi connectivity index (χ3v) is 7.52. The van der Waals surface area contributed by atoms with Crippen molar-refractivity contribution in [3.8, 4) is 0 Å². The molecule has 6 heterocycles. The van der Waals surface area contributed by atoms with E-state index in [0.29, 0.717) is 40.6 Å². The maximum atomic E-state index is 14.5. The van der Waals surface area contributed by atoms with Gasteiger partial charge in [-0.1, -0.05) is 0 Å². The molecule has 180 valence electrons. The Morgan fingerprint density at radius 1 is 1.20 bits per heavy atom. The van der Waals surface area contributed by atoms with Gasteiger partial charge in [-0.2, -0.15) is 5.10 Å². The number of ether oxygens (including phenoxy) is 1. The number of rotatable bonds is 4. The van der Waals surface area contributed by atoms with Crippen LogP contribution in [0.15, 0.2) is 36.8 Å². The molecule has 0 aliphatic carbocycles. The summed E-state index contributed by atoms with van der Waals surface area (Å²) < 4.78 is 23.4. The summed E-state index contributed by atoms with van der Waals surface area (Å²) in [7, 11) is 1.86.